The van der Waals surface area contributed by atoms with Crippen LogP contribution in [0, 0.1) is 0 Å². The summed E-state index contributed by atoms with van der Waals surface area (Å²) >= 11 is 5.92. The molecule has 0 aliphatic carbocycles. The highest BCUT2D eigenvalue weighted by Gasteiger charge is 2.58. The normalized spacial score (nSPS) is 20.9. The third-order valence-electron chi connectivity index (χ3n) is 6.75. The summed E-state index contributed by atoms with van der Waals surface area (Å²) in [5.41, 5.74) is -1.42. The molecule has 0 bridgehead atoms. The number of amides is 1. The van der Waals surface area contributed by atoms with Crippen LogP contribution >= 0.6 is 11.6 Å². The molecule has 2 atom stereocenters. The number of carbonyl (C=O) groups is 2. The summed E-state index contributed by atoms with van der Waals surface area (Å²) in [6.45, 7) is 6.66. The number of ether oxygens (including phenoxy) is 1. The number of methoxy groups -OCH3 is 1. The second-order valence-electron chi connectivity index (χ2n) is 9.82. The van der Waals surface area contributed by atoms with Crippen LogP contribution in [0.25, 0.3) is 0 Å². The summed E-state index contributed by atoms with van der Waals surface area (Å²) in [6.07, 6.45) is -0.254. The van der Waals surface area contributed by atoms with Gasteiger partial charge in [0.05, 0.1) is 19.8 Å². The first kappa shape index (κ1) is 26.3. The number of likely N-dealkylation sites (tertiary alicyclic amines) is 1. The SMILES string of the molecule is COC(=O)N1C[C@H](O[Si](c2ccccc2)(c2ccccc2)C(C)(C)C)CC1(CCCCl)C(=O)O. The summed E-state index contributed by atoms with van der Waals surface area (Å²) in [6, 6.07) is 20.4. The van der Waals surface area contributed by atoms with E-state index in [1.165, 1.54) is 12.0 Å². The molecule has 3 rings (SSSR count). The van der Waals surface area contributed by atoms with Crippen molar-refractivity contribution >= 4 is 42.4 Å². The number of carboxylic acids is 1. The van der Waals surface area contributed by atoms with Gasteiger partial charge in [0.1, 0.15) is 5.54 Å². The van der Waals surface area contributed by atoms with Crippen molar-refractivity contribution in [1.29, 1.82) is 0 Å². The topological polar surface area (TPSA) is 76.1 Å². The minimum Gasteiger partial charge on any atom is -0.479 e. The van der Waals surface area contributed by atoms with E-state index in [-0.39, 0.29) is 24.4 Å². The second-order valence-corrected chi connectivity index (χ2v) is 14.4. The van der Waals surface area contributed by atoms with E-state index >= 15 is 0 Å². The number of hydrogen-bond donors (Lipinski definition) is 1. The highest BCUT2D eigenvalue weighted by molar-refractivity contribution is 6.99. The fourth-order valence-corrected chi connectivity index (χ4v) is 10.0. The molecular weight excluding hydrogens is 470 g/mol. The molecule has 0 saturated carbocycles. The zero-order valence-corrected chi connectivity index (χ0v) is 22.0. The predicted molar refractivity (Wildman–Crippen MR) is 137 cm³/mol. The van der Waals surface area contributed by atoms with Crippen LogP contribution in [-0.2, 0) is 14.0 Å². The number of nitrogens with zero attached hydrogens (tertiary/aromatic N) is 1. The van der Waals surface area contributed by atoms with Gasteiger partial charge in [-0.1, -0.05) is 81.4 Å². The maximum absolute atomic E-state index is 12.7. The number of carbonyl (C=O) groups excluding carboxylic acids is 1. The second kappa shape index (κ2) is 10.5. The molecule has 2 aromatic carbocycles. The molecule has 8 heteroatoms. The van der Waals surface area contributed by atoms with Gasteiger partial charge in [0.15, 0.2) is 0 Å². The lowest BCUT2D eigenvalue weighted by Crippen LogP contribution is -2.67. The van der Waals surface area contributed by atoms with E-state index in [1.54, 1.807) is 0 Å². The van der Waals surface area contributed by atoms with Crippen LogP contribution in [0.4, 0.5) is 4.79 Å². The number of halogens is 1. The summed E-state index contributed by atoms with van der Waals surface area (Å²) in [5, 5.41) is 12.2. The van der Waals surface area contributed by atoms with Crippen LogP contribution in [0.2, 0.25) is 5.04 Å². The number of rotatable bonds is 8. The number of alkyl halides is 1. The molecule has 6 nitrogen and oxygen atoms in total. The first-order valence-electron chi connectivity index (χ1n) is 11.6. The van der Waals surface area contributed by atoms with Crippen LogP contribution in [-0.4, -0.2) is 61.6 Å². The maximum Gasteiger partial charge on any atom is 0.410 e. The fraction of sp³-hybridized carbons (Fsp3) is 0.462. The summed E-state index contributed by atoms with van der Waals surface area (Å²) in [5.74, 6) is -0.749. The lowest BCUT2D eigenvalue weighted by molar-refractivity contribution is -0.149. The summed E-state index contributed by atoms with van der Waals surface area (Å²) in [4.78, 5) is 26.6. The van der Waals surface area contributed by atoms with Crippen LogP contribution in [0.3, 0.4) is 0 Å². The first-order valence-corrected chi connectivity index (χ1v) is 14.0. The van der Waals surface area contributed by atoms with Gasteiger partial charge < -0.3 is 14.3 Å². The molecule has 2 aromatic rings. The summed E-state index contributed by atoms with van der Waals surface area (Å²) < 4.78 is 12.1. The minimum atomic E-state index is -2.92. The van der Waals surface area contributed by atoms with Gasteiger partial charge in [0.25, 0.3) is 8.32 Å². The van der Waals surface area contributed by atoms with E-state index in [9.17, 15) is 14.7 Å². The predicted octanol–water partition coefficient (Wildman–Crippen LogP) is 4.25. The largest absolute Gasteiger partial charge is 0.479 e. The van der Waals surface area contributed by atoms with E-state index in [2.05, 4.69) is 45.0 Å². The first-order chi connectivity index (χ1) is 16.1. The van der Waals surface area contributed by atoms with Crippen molar-refractivity contribution < 1.29 is 23.9 Å². The number of benzene rings is 2. The molecule has 1 amide bonds. The third-order valence-corrected chi connectivity index (χ3v) is 12.1. The molecule has 0 radical (unpaired) electrons. The van der Waals surface area contributed by atoms with Gasteiger partial charge in [-0.05, 0) is 28.3 Å². The van der Waals surface area contributed by atoms with E-state index in [0.717, 1.165) is 10.4 Å². The van der Waals surface area contributed by atoms with Crippen LogP contribution in [0.5, 0.6) is 0 Å². The smallest absolute Gasteiger partial charge is 0.410 e. The number of aliphatic carboxylic acids is 1. The zero-order chi connectivity index (χ0) is 25.0. The van der Waals surface area contributed by atoms with Crippen molar-refractivity contribution in [2.24, 2.45) is 0 Å². The van der Waals surface area contributed by atoms with Crippen molar-refractivity contribution in [3.05, 3.63) is 60.7 Å². The average Bonchev–Trinajstić information content (AvgIpc) is 3.20. The molecule has 0 spiro atoms. The van der Waals surface area contributed by atoms with E-state index in [4.69, 9.17) is 20.8 Å². The molecule has 1 fully saturated rings. The van der Waals surface area contributed by atoms with Crippen molar-refractivity contribution in [3.63, 3.8) is 0 Å². The molecular formula is C26H34ClNO5Si. The molecule has 0 aromatic heterocycles. The van der Waals surface area contributed by atoms with Gasteiger partial charge in [-0.2, -0.15) is 0 Å². The van der Waals surface area contributed by atoms with Crippen molar-refractivity contribution in [2.75, 3.05) is 19.5 Å². The Morgan fingerprint density at radius 1 is 1.09 bits per heavy atom. The highest BCUT2D eigenvalue weighted by Crippen LogP contribution is 2.42. The molecule has 34 heavy (non-hydrogen) atoms. The molecule has 1 N–H and O–H groups in total. The Morgan fingerprint density at radius 3 is 2.03 bits per heavy atom. The third kappa shape index (κ3) is 4.74. The Balaban J connectivity index is 2.13. The van der Waals surface area contributed by atoms with Crippen LogP contribution < -0.4 is 10.4 Å². The van der Waals surface area contributed by atoms with E-state index in [0.29, 0.717) is 12.3 Å². The molecule has 184 valence electrons. The van der Waals surface area contributed by atoms with Crippen molar-refractivity contribution in [2.45, 2.75) is 56.7 Å². The quantitative estimate of drug-likeness (QED) is 0.430. The monoisotopic (exact) mass is 503 g/mol. The number of hydrogen-bond acceptors (Lipinski definition) is 4. The standard InChI is InChI=1S/C26H34ClNO5Si/c1-25(2,3)34(21-12-7-5-8-13-21,22-14-9-6-10-15-22)33-20-18-26(23(29)30,16-11-17-27)28(19-20)24(31)32-4/h5-10,12-15,20H,11,16-19H2,1-4H3,(H,29,30)/t20-,26?/m1/s1. The molecule has 1 heterocycles. The molecule has 1 aliphatic rings. The number of carboxylic acid groups (broad SMARTS) is 1. The van der Waals surface area contributed by atoms with Gasteiger partial charge in [-0.25, -0.2) is 9.59 Å². The van der Waals surface area contributed by atoms with Gasteiger partial charge >= 0.3 is 12.1 Å². The molecule has 1 aliphatic heterocycles. The summed E-state index contributed by atoms with van der Waals surface area (Å²) in [7, 11) is -1.64. The Labute approximate surface area is 208 Å². The van der Waals surface area contributed by atoms with Gasteiger partial charge in [0, 0.05) is 12.3 Å². The Morgan fingerprint density at radius 2 is 1.62 bits per heavy atom. The van der Waals surface area contributed by atoms with Crippen LogP contribution in [0.1, 0.15) is 40.0 Å². The lowest BCUT2D eigenvalue weighted by Gasteiger charge is -2.44. The average molecular weight is 504 g/mol. The van der Waals surface area contributed by atoms with Crippen molar-refractivity contribution in [1.82, 2.24) is 4.90 Å². The van der Waals surface area contributed by atoms with E-state index < -0.39 is 32.0 Å². The van der Waals surface area contributed by atoms with Crippen LogP contribution in [0.15, 0.2) is 60.7 Å². The van der Waals surface area contributed by atoms with Gasteiger partial charge in [-0.15, -0.1) is 11.6 Å². The highest BCUT2D eigenvalue weighted by atomic mass is 35.5. The minimum absolute atomic E-state index is 0.145. The fourth-order valence-electron chi connectivity index (χ4n) is 5.22. The van der Waals surface area contributed by atoms with Gasteiger partial charge in [-0.3, -0.25) is 4.90 Å². The Kier molecular flexibility index (Phi) is 8.11. The molecule has 1 unspecified atom stereocenters. The van der Waals surface area contributed by atoms with Crippen molar-refractivity contribution in [3.8, 4) is 0 Å². The zero-order valence-electron chi connectivity index (χ0n) is 20.3. The Bertz CT molecular complexity index is 942. The Hall–Kier alpha value is -2.35. The van der Waals surface area contributed by atoms with Gasteiger partial charge in [0.2, 0.25) is 0 Å². The lowest BCUT2D eigenvalue weighted by atomic mass is 9.90. The maximum atomic E-state index is 12.7. The van der Waals surface area contributed by atoms with E-state index in [1.807, 2.05) is 36.4 Å². The molecule has 1 saturated heterocycles.